The second kappa shape index (κ2) is 8.70. The molecule has 1 aromatic heterocycles. The molecule has 2 heterocycles. The van der Waals surface area contributed by atoms with E-state index < -0.39 is 0 Å². The van der Waals surface area contributed by atoms with E-state index in [1.54, 1.807) is 0 Å². The molecule has 0 spiro atoms. The minimum absolute atomic E-state index is 0.106. The first-order valence-electron chi connectivity index (χ1n) is 9.59. The lowest BCUT2D eigenvalue weighted by Gasteiger charge is -2.28. The van der Waals surface area contributed by atoms with Crippen LogP contribution in [0.25, 0.3) is 11.4 Å². The van der Waals surface area contributed by atoms with Crippen LogP contribution in [-0.2, 0) is 9.53 Å². The molecule has 1 fully saturated rings. The molecule has 2 aromatic carbocycles. The Balaban J connectivity index is 1.67. The van der Waals surface area contributed by atoms with E-state index in [2.05, 4.69) is 15.5 Å². The van der Waals surface area contributed by atoms with E-state index in [-0.39, 0.29) is 5.91 Å². The van der Waals surface area contributed by atoms with Crippen LogP contribution in [0.4, 0.5) is 23.0 Å². The van der Waals surface area contributed by atoms with Gasteiger partial charge in [0, 0.05) is 43.0 Å². The molecule has 0 radical (unpaired) electrons. The number of nitrogens with zero attached hydrogens (tertiary/aromatic N) is 3. The van der Waals surface area contributed by atoms with Crippen molar-refractivity contribution in [3.05, 3.63) is 60.7 Å². The maximum atomic E-state index is 11.3. The molecule has 3 aromatic rings. The zero-order valence-electron chi connectivity index (χ0n) is 16.3. The van der Waals surface area contributed by atoms with Gasteiger partial charge in [0.2, 0.25) is 5.91 Å². The first kappa shape index (κ1) is 18.9. The monoisotopic (exact) mass is 389 g/mol. The molecule has 0 atom stereocenters. The molecule has 2 N–H and O–H groups in total. The highest BCUT2D eigenvalue weighted by molar-refractivity contribution is 5.89. The van der Waals surface area contributed by atoms with Crippen LogP contribution in [0, 0.1) is 0 Å². The number of hydrogen-bond acceptors (Lipinski definition) is 6. The van der Waals surface area contributed by atoms with Gasteiger partial charge in [0.1, 0.15) is 11.6 Å². The quantitative estimate of drug-likeness (QED) is 0.693. The van der Waals surface area contributed by atoms with Crippen molar-refractivity contribution in [3.63, 3.8) is 0 Å². The van der Waals surface area contributed by atoms with Gasteiger partial charge in [-0.1, -0.05) is 36.4 Å². The number of hydrogen-bond donors (Lipinski definition) is 2. The van der Waals surface area contributed by atoms with Gasteiger partial charge in [-0.3, -0.25) is 4.79 Å². The molecular formula is C22H23N5O2. The number of anilines is 4. The van der Waals surface area contributed by atoms with Crippen molar-refractivity contribution in [2.24, 2.45) is 0 Å². The second-order valence-electron chi connectivity index (χ2n) is 6.79. The average Bonchev–Trinajstić information content (AvgIpc) is 2.74. The molecule has 1 aliphatic rings. The number of carbonyl (C=O) groups excluding carboxylic acids is 1. The predicted octanol–water partition coefficient (Wildman–Crippen LogP) is 3.68. The number of morpholine rings is 1. The summed E-state index contributed by atoms with van der Waals surface area (Å²) in [5.41, 5.74) is 2.52. The van der Waals surface area contributed by atoms with Crippen LogP contribution in [0.5, 0.6) is 0 Å². The Hall–Kier alpha value is -3.45. The number of carbonyl (C=O) groups is 1. The third kappa shape index (κ3) is 4.89. The Morgan fingerprint density at radius 3 is 2.48 bits per heavy atom. The van der Waals surface area contributed by atoms with E-state index in [4.69, 9.17) is 14.7 Å². The summed E-state index contributed by atoms with van der Waals surface area (Å²) in [6.07, 6.45) is 0. The van der Waals surface area contributed by atoms with Gasteiger partial charge in [-0.15, -0.1) is 0 Å². The van der Waals surface area contributed by atoms with Crippen molar-refractivity contribution in [3.8, 4) is 11.4 Å². The molecule has 29 heavy (non-hydrogen) atoms. The van der Waals surface area contributed by atoms with Crippen LogP contribution in [0.1, 0.15) is 6.92 Å². The minimum Gasteiger partial charge on any atom is -0.378 e. The molecule has 0 bridgehead atoms. The van der Waals surface area contributed by atoms with E-state index in [1.165, 1.54) is 6.92 Å². The number of benzene rings is 2. The molecule has 0 saturated carbocycles. The predicted molar refractivity (Wildman–Crippen MR) is 115 cm³/mol. The Morgan fingerprint density at radius 1 is 0.966 bits per heavy atom. The lowest BCUT2D eigenvalue weighted by molar-refractivity contribution is -0.114. The molecule has 1 amide bonds. The summed E-state index contributed by atoms with van der Waals surface area (Å²) in [5.74, 6) is 2.11. The van der Waals surface area contributed by atoms with E-state index in [9.17, 15) is 4.79 Å². The minimum atomic E-state index is -0.106. The van der Waals surface area contributed by atoms with Crippen LogP contribution in [0.3, 0.4) is 0 Å². The van der Waals surface area contributed by atoms with Crippen molar-refractivity contribution in [1.29, 1.82) is 0 Å². The molecule has 1 saturated heterocycles. The molecule has 0 unspecified atom stereocenters. The smallest absolute Gasteiger partial charge is 0.221 e. The van der Waals surface area contributed by atoms with Crippen molar-refractivity contribution < 1.29 is 9.53 Å². The maximum Gasteiger partial charge on any atom is 0.221 e. The second-order valence-corrected chi connectivity index (χ2v) is 6.79. The normalized spacial score (nSPS) is 13.8. The summed E-state index contributed by atoms with van der Waals surface area (Å²) >= 11 is 0. The third-order valence-corrected chi connectivity index (χ3v) is 4.54. The summed E-state index contributed by atoms with van der Waals surface area (Å²) in [4.78, 5) is 23.0. The van der Waals surface area contributed by atoms with Gasteiger partial charge in [0.05, 0.1) is 13.2 Å². The van der Waals surface area contributed by atoms with Gasteiger partial charge in [0.25, 0.3) is 0 Å². The van der Waals surface area contributed by atoms with Gasteiger partial charge in [-0.2, -0.15) is 0 Å². The fourth-order valence-corrected chi connectivity index (χ4v) is 3.20. The highest BCUT2D eigenvalue weighted by Gasteiger charge is 2.16. The number of aromatic nitrogens is 2. The molecule has 4 rings (SSSR count). The van der Waals surface area contributed by atoms with E-state index in [0.29, 0.717) is 24.9 Å². The molecule has 7 heteroatoms. The lowest BCUT2D eigenvalue weighted by atomic mass is 10.2. The van der Waals surface area contributed by atoms with Crippen molar-refractivity contribution in [1.82, 2.24) is 9.97 Å². The Bertz CT molecular complexity index is 988. The van der Waals surface area contributed by atoms with E-state index in [1.807, 2.05) is 60.7 Å². The van der Waals surface area contributed by atoms with Gasteiger partial charge in [-0.25, -0.2) is 9.97 Å². The summed E-state index contributed by atoms with van der Waals surface area (Å²) in [5, 5.41) is 6.14. The number of nitrogens with one attached hydrogen (secondary N) is 2. The molecule has 0 aliphatic carbocycles. The zero-order chi connectivity index (χ0) is 20.1. The van der Waals surface area contributed by atoms with Crippen molar-refractivity contribution >= 4 is 28.9 Å². The topological polar surface area (TPSA) is 79.4 Å². The number of rotatable bonds is 5. The SMILES string of the molecule is CC(=O)Nc1cccc(Nc2cc(N3CCOCC3)nc(-c3ccccc3)n2)c1. The molecular weight excluding hydrogens is 366 g/mol. The first-order valence-corrected chi connectivity index (χ1v) is 9.59. The zero-order valence-corrected chi connectivity index (χ0v) is 16.3. The standard InChI is InChI=1S/C22H23N5O2/c1-16(28)23-18-8-5-9-19(14-18)24-20-15-21(27-10-12-29-13-11-27)26-22(25-20)17-6-3-2-4-7-17/h2-9,14-15H,10-13H2,1H3,(H,23,28)(H,24,25,26). The Kier molecular flexibility index (Phi) is 5.67. The summed E-state index contributed by atoms with van der Waals surface area (Å²) < 4.78 is 5.47. The average molecular weight is 389 g/mol. The summed E-state index contributed by atoms with van der Waals surface area (Å²) in [6, 6.07) is 19.4. The number of amides is 1. The van der Waals surface area contributed by atoms with Crippen LogP contribution < -0.4 is 15.5 Å². The van der Waals surface area contributed by atoms with Gasteiger partial charge < -0.3 is 20.3 Å². The lowest BCUT2D eigenvalue weighted by Crippen LogP contribution is -2.36. The van der Waals surface area contributed by atoms with E-state index in [0.717, 1.165) is 35.8 Å². The van der Waals surface area contributed by atoms with Crippen LogP contribution in [0.2, 0.25) is 0 Å². The molecule has 1 aliphatic heterocycles. The Morgan fingerprint density at radius 2 is 1.72 bits per heavy atom. The molecule has 148 valence electrons. The van der Waals surface area contributed by atoms with Gasteiger partial charge in [-0.05, 0) is 18.2 Å². The van der Waals surface area contributed by atoms with Crippen LogP contribution >= 0.6 is 0 Å². The van der Waals surface area contributed by atoms with Crippen LogP contribution in [0.15, 0.2) is 60.7 Å². The highest BCUT2D eigenvalue weighted by atomic mass is 16.5. The van der Waals surface area contributed by atoms with Crippen LogP contribution in [-0.4, -0.2) is 42.2 Å². The van der Waals surface area contributed by atoms with Crippen molar-refractivity contribution in [2.75, 3.05) is 41.8 Å². The summed E-state index contributed by atoms with van der Waals surface area (Å²) in [7, 11) is 0. The maximum absolute atomic E-state index is 11.3. The third-order valence-electron chi connectivity index (χ3n) is 4.54. The van der Waals surface area contributed by atoms with Gasteiger partial charge >= 0.3 is 0 Å². The summed E-state index contributed by atoms with van der Waals surface area (Å²) in [6.45, 7) is 4.45. The fourth-order valence-electron chi connectivity index (χ4n) is 3.20. The van der Waals surface area contributed by atoms with E-state index >= 15 is 0 Å². The highest BCUT2D eigenvalue weighted by Crippen LogP contribution is 2.26. The first-order chi connectivity index (χ1) is 14.2. The largest absolute Gasteiger partial charge is 0.378 e. The van der Waals surface area contributed by atoms with Gasteiger partial charge in [0.15, 0.2) is 5.82 Å². The molecule has 7 nitrogen and oxygen atoms in total. The fraction of sp³-hybridized carbons (Fsp3) is 0.227. The number of ether oxygens (including phenoxy) is 1. The Labute approximate surface area is 169 Å². The van der Waals surface area contributed by atoms with Crippen molar-refractivity contribution in [2.45, 2.75) is 6.92 Å².